The summed E-state index contributed by atoms with van der Waals surface area (Å²) in [5, 5.41) is 0. The predicted octanol–water partition coefficient (Wildman–Crippen LogP) is 1.92. The minimum Gasteiger partial charge on any atom is -0.308 e. The minimum absolute atomic E-state index is 0.765. The molecule has 2 heteroatoms. The Labute approximate surface area is 94.6 Å². The van der Waals surface area contributed by atoms with E-state index < -0.39 is 0 Å². The highest BCUT2D eigenvalue weighted by Crippen LogP contribution is 2.54. The molecule has 0 amide bonds. The second kappa shape index (κ2) is 4.06. The fourth-order valence-corrected chi connectivity index (χ4v) is 3.18. The number of rotatable bonds is 4. The maximum Gasteiger partial charge on any atom is 0.0110 e. The highest BCUT2D eigenvalue weighted by atomic mass is 15.2. The van der Waals surface area contributed by atoms with Crippen molar-refractivity contribution in [2.45, 2.75) is 26.7 Å². The Balaban J connectivity index is 1.63. The van der Waals surface area contributed by atoms with Crippen molar-refractivity contribution in [3.05, 3.63) is 0 Å². The molecule has 0 radical (unpaired) electrons. The van der Waals surface area contributed by atoms with Crippen molar-refractivity contribution in [3.63, 3.8) is 0 Å². The molecular formula is C13H26N2. The monoisotopic (exact) mass is 210 g/mol. The maximum atomic E-state index is 2.62. The van der Waals surface area contributed by atoms with Gasteiger partial charge in [-0.2, -0.15) is 0 Å². The largest absolute Gasteiger partial charge is 0.308 e. The lowest BCUT2D eigenvalue weighted by Gasteiger charge is -2.60. The van der Waals surface area contributed by atoms with Gasteiger partial charge in [0.2, 0.25) is 0 Å². The molecule has 1 saturated heterocycles. The summed E-state index contributed by atoms with van der Waals surface area (Å²) in [7, 11) is 4.32. The quantitative estimate of drug-likeness (QED) is 0.699. The smallest absolute Gasteiger partial charge is 0.0110 e. The molecule has 1 aliphatic carbocycles. The number of hydrogen-bond donors (Lipinski definition) is 0. The average molecular weight is 210 g/mol. The Kier molecular flexibility index (Phi) is 3.09. The Hall–Kier alpha value is -0.0800. The lowest BCUT2D eigenvalue weighted by Crippen LogP contribution is -2.63. The van der Waals surface area contributed by atoms with E-state index >= 15 is 0 Å². The van der Waals surface area contributed by atoms with Crippen LogP contribution in [0.15, 0.2) is 0 Å². The van der Waals surface area contributed by atoms with Gasteiger partial charge in [-0.15, -0.1) is 0 Å². The van der Waals surface area contributed by atoms with Crippen molar-refractivity contribution in [2.75, 3.05) is 40.3 Å². The van der Waals surface area contributed by atoms with Crippen LogP contribution in [0, 0.1) is 17.3 Å². The molecule has 0 aromatic carbocycles. The third-order valence-corrected chi connectivity index (χ3v) is 4.31. The molecule has 15 heavy (non-hydrogen) atoms. The van der Waals surface area contributed by atoms with Crippen LogP contribution in [0.1, 0.15) is 26.7 Å². The predicted molar refractivity (Wildman–Crippen MR) is 65.0 cm³/mol. The molecular weight excluding hydrogens is 184 g/mol. The van der Waals surface area contributed by atoms with Crippen LogP contribution < -0.4 is 0 Å². The van der Waals surface area contributed by atoms with E-state index in [2.05, 4.69) is 37.7 Å². The van der Waals surface area contributed by atoms with E-state index in [1.165, 1.54) is 39.0 Å². The number of nitrogens with zero attached hydrogens (tertiary/aromatic N) is 2. The van der Waals surface area contributed by atoms with E-state index in [1.54, 1.807) is 0 Å². The lowest BCUT2D eigenvalue weighted by molar-refractivity contribution is -0.106. The fraction of sp³-hybridized carbons (Fsp3) is 1.00. The van der Waals surface area contributed by atoms with Crippen molar-refractivity contribution >= 4 is 0 Å². The van der Waals surface area contributed by atoms with Crippen molar-refractivity contribution in [1.29, 1.82) is 0 Å². The van der Waals surface area contributed by atoms with Gasteiger partial charge in [-0.1, -0.05) is 13.8 Å². The summed E-state index contributed by atoms with van der Waals surface area (Å²) in [6.45, 7) is 9.99. The van der Waals surface area contributed by atoms with Crippen LogP contribution in [-0.2, 0) is 0 Å². The lowest BCUT2D eigenvalue weighted by atomic mass is 9.55. The Morgan fingerprint density at radius 3 is 2.33 bits per heavy atom. The molecule has 0 unspecified atom stereocenters. The highest BCUT2D eigenvalue weighted by Gasteiger charge is 2.52. The van der Waals surface area contributed by atoms with Crippen LogP contribution in [-0.4, -0.2) is 50.1 Å². The van der Waals surface area contributed by atoms with Gasteiger partial charge in [-0.3, -0.25) is 0 Å². The van der Waals surface area contributed by atoms with E-state index in [1.807, 2.05) is 0 Å². The number of hydrogen-bond acceptors (Lipinski definition) is 2. The maximum absolute atomic E-state index is 2.62. The molecule has 0 aromatic rings. The molecule has 1 spiro atoms. The fourth-order valence-electron chi connectivity index (χ4n) is 3.18. The van der Waals surface area contributed by atoms with E-state index in [9.17, 15) is 0 Å². The first kappa shape index (κ1) is 11.4. The highest BCUT2D eigenvalue weighted by molar-refractivity contribution is 5.04. The van der Waals surface area contributed by atoms with Gasteiger partial charge in [-0.05, 0) is 44.2 Å². The van der Waals surface area contributed by atoms with Gasteiger partial charge >= 0.3 is 0 Å². The summed E-state index contributed by atoms with van der Waals surface area (Å²) in [5.74, 6) is 1.94. The van der Waals surface area contributed by atoms with Crippen LogP contribution in [0.4, 0.5) is 0 Å². The van der Waals surface area contributed by atoms with Gasteiger partial charge in [0, 0.05) is 26.2 Å². The zero-order valence-corrected chi connectivity index (χ0v) is 10.8. The Morgan fingerprint density at radius 1 is 1.27 bits per heavy atom. The number of likely N-dealkylation sites (N-methyl/N-ethyl adjacent to an activating group) is 1. The zero-order chi connectivity index (χ0) is 11.1. The summed E-state index contributed by atoms with van der Waals surface area (Å²) >= 11 is 0. The molecule has 1 aliphatic heterocycles. The molecule has 0 atom stereocenters. The SMILES string of the molecule is CC(C)C1CC2(C1)CN(CCN(C)C)C2. The normalized spacial score (nSPS) is 26.0. The van der Waals surface area contributed by atoms with Crippen LogP contribution >= 0.6 is 0 Å². The first-order valence-corrected chi connectivity index (χ1v) is 6.38. The Morgan fingerprint density at radius 2 is 1.87 bits per heavy atom. The van der Waals surface area contributed by atoms with E-state index in [-0.39, 0.29) is 0 Å². The molecule has 2 fully saturated rings. The molecule has 0 N–H and O–H groups in total. The molecule has 1 saturated carbocycles. The summed E-state index contributed by atoms with van der Waals surface area (Å²) in [6, 6.07) is 0. The van der Waals surface area contributed by atoms with E-state index in [0.29, 0.717) is 0 Å². The second-order valence-corrected chi connectivity index (χ2v) is 6.43. The molecule has 0 bridgehead atoms. The summed E-state index contributed by atoms with van der Waals surface area (Å²) in [4.78, 5) is 4.90. The van der Waals surface area contributed by atoms with Crippen LogP contribution in [0.25, 0.3) is 0 Å². The molecule has 2 aliphatic rings. The third kappa shape index (κ3) is 2.36. The summed E-state index contributed by atoms with van der Waals surface area (Å²) < 4.78 is 0. The third-order valence-electron chi connectivity index (χ3n) is 4.31. The first-order chi connectivity index (χ1) is 7.01. The molecule has 1 heterocycles. The number of likely N-dealkylation sites (tertiary alicyclic amines) is 1. The van der Waals surface area contributed by atoms with E-state index in [4.69, 9.17) is 0 Å². The van der Waals surface area contributed by atoms with Crippen LogP contribution in [0.2, 0.25) is 0 Å². The van der Waals surface area contributed by atoms with Gasteiger partial charge in [0.1, 0.15) is 0 Å². The van der Waals surface area contributed by atoms with E-state index in [0.717, 1.165) is 17.3 Å². The molecule has 0 aromatic heterocycles. The molecule has 2 rings (SSSR count). The van der Waals surface area contributed by atoms with Gasteiger partial charge in [0.05, 0.1) is 0 Å². The minimum atomic E-state index is 0.765. The second-order valence-electron chi connectivity index (χ2n) is 6.43. The van der Waals surface area contributed by atoms with Crippen molar-refractivity contribution < 1.29 is 0 Å². The van der Waals surface area contributed by atoms with Gasteiger partial charge in [-0.25, -0.2) is 0 Å². The topological polar surface area (TPSA) is 6.48 Å². The van der Waals surface area contributed by atoms with Crippen LogP contribution in [0.5, 0.6) is 0 Å². The van der Waals surface area contributed by atoms with Gasteiger partial charge in [0.25, 0.3) is 0 Å². The summed E-state index contributed by atoms with van der Waals surface area (Å²) in [6.07, 6.45) is 3.01. The summed E-state index contributed by atoms with van der Waals surface area (Å²) in [5.41, 5.74) is 0.765. The first-order valence-electron chi connectivity index (χ1n) is 6.38. The standard InChI is InChI=1S/C13H26N2/c1-11(2)12-7-13(8-12)9-15(10-13)6-5-14(3)4/h11-12H,5-10H2,1-4H3. The van der Waals surface area contributed by atoms with Gasteiger partial charge < -0.3 is 9.80 Å². The zero-order valence-electron chi connectivity index (χ0n) is 10.8. The van der Waals surface area contributed by atoms with Crippen molar-refractivity contribution in [2.24, 2.45) is 17.3 Å². The van der Waals surface area contributed by atoms with Gasteiger partial charge in [0.15, 0.2) is 0 Å². The molecule has 88 valence electrons. The van der Waals surface area contributed by atoms with Crippen molar-refractivity contribution in [1.82, 2.24) is 9.80 Å². The molecule has 2 nitrogen and oxygen atoms in total. The van der Waals surface area contributed by atoms with Crippen LogP contribution in [0.3, 0.4) is 0 Å². The van der Waals surface area contributed by atoms with Crippen molar-refractivity contribution in [3.8, 4) is 0 Å². The average Bonchev–Trinajstić information content (AvgIpc) is 1.96. The Bertz CT molecular complexity index is 209.